The Bertz CT molecular complexity index is 730. The van der Waals surface area contributed by atoms with E-state index in [1.54, 1.807) is 37.0 Å². The largest absolute Gasteiger partial charge is 0.493 e. The summed E-state index contributed by atoms with van der Waals surface area (Å²) >= 11 is 6.22. The molecule has 0 aliphatic rings. The molecule has 0 saturated heterocycles. The van der Waals surface area contributed by atoms with Gasteiger partial charge in [0.15, 0.2) is 11.5 Å². The van der Waals surface area contributed by atoms with Crippen molar-refractivity contribution in [2.75, 3.05) is 19.0 Å². The Labute approximate surface area is 145 Å². The fourth-order valence-corrected chi connectivity index (χ4v) is 2.52. The monoisotopic (exact) mass is 352 g/mol. The van der Waals surface area contributed by atoms with Gasteiger partial charge in [-0.25, -0.2) is 4.79 Å². The quantitative estimate of drug-likeness (QED) is 0.837. The third-order valence-corrected chi connectivity index (χ3v) is 3.56. The highest BCUT2D eigenvalue weighted by Crippen LogP contribution is 2.36. The van der Waals surface area contributed by atoms with Crippen molar-refractivity contribution in [3.8, 4) is 11.5 Å². The van der Waals surface area contributed by atoms with Crippen molar-refractivity contribution in [1.29, 1.82) is 0 Å². The highest BCUT2D eigenvalue weighted by atomic mass is 35.5. The number of ether oxygens (including phenoxy) is 2. The van der Waals surface area contributed by atoms with E-state index in [1.165, 1.54) is 0 Å². The standard InChI is InChI=1S/C16H21ClN4O3/c1-5-24-15-12(17)7-11(8-13(15)23-4)9-18-16(22)19-14-6-10(2)20-21(14)3/h6-8H,5,9H2,1-4H3,(H2,18,19,22). The summed E-state index contributed by atoms with van der Waals surface area (Å²) in [4.78, 5) is 12.0. The van der Waals surface area contributed by atoms with Gasteiger partial charge in [-0.1, -0.05) is 11.6 Å². The van der Waals surface area contributed by atoms with Crippen LogP contribution in [0.3, 0.4) is 0 Å². The number of rotatable bonds is 6. The molecule has 1 aromatic heterocycles. The van der Waals surface area contributed by atoms with E-state index in [1.807, 2.05) is 13.8 Å². The molecule has 0 aliphatic heterocycles. The van der Waals surface area contributed by atoms with E-state index in [9.17, 15) is 4.79 Å². The van der Waals surface area contributed by atoms with Crippen LogP contribution in [-0.4, -0.2) is 29.5 Å². The fourth-order valence-electron chi connectivity index (χ4n) is 2.23. The lowest BCUT2D eigenvalue weighted by Crippen LogP contribution is -2.29. The summed E-state index contributed by atoms with van der Waals surface area (Å²) in [5, 5.41) is 10.1. The Morgan fingerprint density at radius 2 is 2.12 bits per heavy atom. The molecule has 0 radical (unpaired) electrons. The number of hydrogen-bond donors (Lipinski definition) is 2. The molecular formula is C16H21ClN4O3. The smallest absolute Gasteiger partial charge is 0.320 e. The van der Waals surface area contributed by atoms with Crippen LogP contribution in [0, 0.1) is 6.92 Å². The molecule has 0 unspecified atom stereocenters. The number of anilines is 1. The molecule has 2 aromatic rings. The lowest BCUT2D eigenvalue weighted by molar-refractivity contribution is 0.251. The second-order valence-electron chi connectivity index (χ2n) is 5.14. The Morgan fingerprint density at radius 3 is 2.71 bits per heavy atom. The first kappa shape index (κ1) is 17.9. The summed E-state index contributed by atoms with van der Waals surface area (Å²) in [6.45, 7) is 4.51. The number of nitrogens with one attached hydrogen (secondary N) is 2. The molecule has 0 saturated carbocycles. The van der Waals surface area contributed by atoms with E-state index in [4.69, 9.17) is 21.1 Å². The van der Waals surface area contributed by atoms with Crippen molar-refractivity contribution in [3.05, 3.63) is 34.5 Å². The SMILES string of the molecule is CCOc1c(Cl)cc(CNC(=O)Nc2cc(C)nn2C)cc1OC. The molecular weight excluding hydrogens is 332 g/mol. The molecule has 2 amide bonds. The normalized spacial score (nSPS) is 10.4. The highest BCUT2D eigenvalue weighted by molar-refractivity contribution is 6.32. The zero-order valence-electron chi connectivity index (χ0n) is 14.1. The van der Waals surface area contributed by atoms with Crippen LogP contribution in [0.5, 0.6) is 11.5 Å². The van der Waals surface area contributed by atoms with Crippen LogP contribution >= 0.6 is 11.6 Å². The zero-order chi connectivity index (χ0) is 17.7. The van der Waals surface area contributed by atoms with Gasteiger partial charge in [0.1, 0.15) is 5.82 Å². The van der Waals surface area contributed by atoms with E-state index < -0.39 is 0 Å². The van der Waals surface area contributed by atoms with Crippen molar-refractivity contribution in [2.45, 2.75) is 20.4 Å². The summed E-state index contributed by atoms with van der Waals surface area (Å²) in [7, 11) is 3.31. The number of carbonyl (C=O) groups excluding carboxylic acids is 1. The lowest BCUT2D eigenvalue weighted by atomic mass is 10.2. The molecule has 7 nitrogen and oxygen atoms in total. The number of aromatic nitrogens is 2. The predicted octanol–water partition coefficient (Wildman–Crippen LogP) is 3.11. The number of benzene rings is 1. The molecule has 0 spiro atoms. The molecule has 1 aromatic carbocycles. The lowest BCUT2D eigenvalue weighted by Gasteiger charge is -2.14. The Hall–Kier alpha value is -2.41. The molecule has 2 N–H and O–H groups in total. The van der Waals surface area contributed by atoms with Crippen LogP contribution < -0.4 is 20.1 Å². The second-order valence-corrected chi connectivity index (χ2v) is 5.55. The zero-order valence-corrected chi connectivity index (χ0v) is 14.9. The van der Waals surface area contributed by atoms with Crippen LogP contribution in [0.2, 0.25) is 5.02 Å². The van der Waals surface area contributed by atoms with E-state index in [-0.39, 0.29) is 6.03 Å². The van der Waals surface area contributed by atoms with Gasteiger partial charge in [-0.05, 0) is 31.5 Å². The first-order chi connectivity index (χ1) is 11.4. The number of halogens is 1. The van der Waals surface area contributed by atoms with Gasteiger partial charge in [0.25, 0.3) is 0 Å². The fraction of sp³-hybridized carbons (Fsp3) is 0.375. The maximum Gasteiger partial charge on any atom is 0.320 e. The molecule has 0 aliphatic carbocycles. The number of hydrogen-bond acceptors (Lipinski definition) is 4. The highest BCUT2D eigenvalue weighted by Gasteiger charge is 2.12. The van der Waals surface area contributed by atoms with Gasteiger partial charge in [0, 0.05) is 19.7 Å². The minimum Gasteiger partial charge on any atom is -0.493 e. The molecule has 130 valence electrons. The molecule has 24 heavy (non-hydrogen) atoms. The number of aryl methyl sites for hydroxylation is 2. The Kier molecular flexibility index (Phi) is 5.92. The number of carbonyl (C=O) groups is 1. The topological polar surface area (TPSA) is 77.4 Å². The molecule has 0 atom stereocenters. The summed E-state index contributed by atoms with van der Waals surface area (Å²) in [6, 6.07) is 4.98. The summed E-state index contributed by atoms with van der Waals surface area (Å²) < 4.78 is 12.4. The van der Waals surface area contributed by atoms with Gasteiger partial charge < -0.3 is 14.8 Å². The van der Waals surface area contributed by atoms with E-state index in [0.29, 0.717) is 35.5 Å². The first-order valence-corrected chi connectivity index (χ1v) is 7.87. The maximum atomic E-state index is 12.0. The molecule has 0 bridgehead atoms. The Balaban J connectivity index is 2.02. The number of amides is 2. The molecule has 1 heterocycles. The molecule has 2 rings (SSSR count). The summed E-state index contributed by atoms with van der Waals surface area (Å²) in [5.74, 6) is 1.65. The average Bonchev–Trinajstić information content (AvgIpc) is 2.85. The minimum atomic E-state index is -0.332. The van der Waals surface area contributed by atoms with Crippen molar-refractivity contribution in [2.24, 2.45) is 7.05 Å². The minimum absolute atomic E-state index is 0.297. The third-order valence-electron chi connectivity index (χ3n) is 3.27. The van der Waals surface area contributed by atoms with Gasteiger partial charge in [0.2, 0.25) is 0 Å². The van der Waals surface area contributed by atoms with Gasteiger partial charge >= 0.3 is 6.03 Å². The van der Waals surface area contributed by atoms with Crippen LogP contribution in [0.1, 0.15) is 18.2 Å². The van der Waals surface area contributed by atoms with Crippen LogP contribution in [0.25, 0.3) is 0 Å². The third kappa shape index (κ3) is 4.32. The first-order valence-electron chi connectivity index (χ1n) is 7.49. The number of methoxy groups -OCH3 is 1. The average molecular weight is 353 g/mol. The summed E-state index contributed by atoms with van der Waals surface area (Å²) in [5.41, 5.74) is 1.63. The van der Waals surface area contributed by atoms with Gasteiger partial charge in [-0.15, -0.1) is 0 Å². The Morgan fingerprint density at radius 1 is 1.38 bits per heavy atom. The van der Waals surface area contributed by atoms with Gasteiger partial charge in [-0.3, -0.25) is 10.00 Å². The predicted molar refractivity (Wildman–Crippen MR) is 93.0 cm³/mol. The van der Waals surface area contributed by atoms with Crippen molar-refractivity contribution in [3.63, 3.8) is 0 Å². The number of nitrogens with zero attached hydrogens (tertiary/aromatic N) is 2. The maximum absolute atomic E-state index is 12.0. The molecule has 0 fully saturated rings. The molecule has 8 heteroatoms. The summed E-state index contributed by atoms with van der Waals surface area (Å²) in [6.07, 6.45) is 0. The van der Waals surface area contributed by atoms with Crippen molar-refractivity contribution in [1.82, 2.24) is 15.1 Å². The van der Waals surface area contributed by atoms with E-state index in [2.05, 4.69) is 15.7 Å². The van der Waals surface area contributed by atoms with E-state index >= 15 is 0 Å². The number of urea groups is 1. The van der Waals surface area contributed by atoms with Crippen molar-refractivity contribution >= 4 is 23.4 Å². The van der Waals surface area contributed by atoms with Crippen LogP contribution in [0.15, 0.2) is 18.2 Å². The second kappa shape index (κ2) is 7.92. The van der Waals surface area contributed by atoms with Crippen LogP contribution in [0.4, 0.5) is 10.6 Å². The van der Waals surface area contributed by atoms with Gasteiger partial charge in [0.05, 0.1) is 24.4 Å². The van der Waals surface area contributed by atoms with Gasteiger partial charge in [-0.2, -0.15) is 5.10 Å². The van der Waals surface area contributed by atoms with Crippen molar-refractivity contribution < 1.29 is 14.3 Å². The van der Waals surface area contributed by atoms with Crippen LogP contribution in [-0.2, 0) is 13.6 Å². The van der Waals surface area contributed by atoms with E-state index in [0.717, 1.165) is 11.3 Å².